The number of benzene rings is 3. The van der Waals surface area contributed by atoms with E-state index in [0.717, 1.165) is 11.3 Å². The number of nitrogens with one attached hydrogen (secondary N) is 1. The first-order valence-electron chi connectivity index (χ1n) is 11.9. The molecule has 9 heteroatoms. The van der Waals surface area contributed by atoms with Crippen molar-refractivity contribution >= 4 is 33.2 Å². The Hall–Kier alpha value is -3.07. The van der Waals surface area contributed by atoms with Crippen LogP contribution in [0.4, 0.5) is 5.69 Å². The van der Waals surface area contributed by atoms with E-state index in [0.29, 0.717) is 38.5 Å². The zero-order chi connectivity index (χ0) is 25.5. The number of ether oxygens (including phenoxy) is 1. The summed E-state index contributed by atoms with van der Waals surface area (Å²) in [5.41, 5.74) is 1.98. The van der Waals surface area contributed by atoms with Crippen LogP contribution in [0.2, 0.25) is 5.02 Å². The predicted octanol–water partition coefficient (Wildman–Crippen LogP) is 3.98. The van der Waals surface area contributed by atoms with Crippen LogP contribution in [0.25, 0.3) is 0 Å². The van der Waals surface area contributed by atoms with Crippen LogP contribution in [0, 0.1) is 0 Å². The number of nitrogens with zero attached hydrogens (tertiary/aromatic N) is 2. The second-order valence-corrected chi connectivity index (χ2v) is 10.7. The lowest BCUT2D eigenvalue weighted by Gasteiger charge is -2.37. The molecule has 0 aromatic heterocycles. The molecule has 7 nitrogen and oxygen atoms in total. The van der Waals surface area contributed by atoms with E-state index in [1.807, 2.05) is 67.6 Å². The Morgan fingerprint density at radius 2 is 1.61 bits per heavy atom. The summed E-state index contributed by atoms with van der Waals surface area (Å²) in [6.07, 6.45) is 0.239. The van der Waals surface area contributed by atoms with E-state index in [2.05, 4.69) is 9.62 Å². The number of sulfonamides is 1. The lowest BCUT2D eigenvalue weighted by atomic mass is 10.1. The molecule has 4 rings (SSSR count). The van der Waals surface area contributed by atoms with Gasteiger partial charge in [-0.25, -0.2) is 8.42 Å². The van der Waals surface area contributed by atoms with Gasteiger partial charge in [0, 0.05) is 31.9 Å². The predicted molar refractivity (Wildman–Crippen MR) is 142 cm³/mol. The van der Waals surface area contributed by atoms with Crippen molar-refractivity contribution in [3.8, 4) is 5.75 Å². The Bertz CT molecular complexity index is 1260. The second kappa shape index (κ2) is 11.8. The van der Waals surface area contributed by atoms with Crippen molar-refractivity contribution < 1.29 is 17.9 Å². The Labute approximate surface area is 217 Å². The summed E-state index contributed by atoms with van der Waals surface area (Å²) < 4.78 is 34.6. The molecule has 1 aliphatic heterocycles. The van der Waals surface area contributed by atoms with E-state index < -0.39 is 16.1 Å². The van der Waals surface area contributed by atoms with Crippen LogP contribution >= 0.6 is 11.6 Å². The normalized spacial score (nSPS) is 14.9. The Balaban J connectivity index is 1.52. The number of rotatable bonds is 9. The van der Waals surface area contributed by atoms with E-state index in [4.69, 9.17) is 16.3 Å². The fourth-order valence-corrected chi connectivity index (χ4v) is 5.76. The summed E-state index contributed by atoms with van der Waals surface area (Å²) in [6.45, 7) is 4.60. The van der Waals surface area contributed by atoms with Crippen molar-refractivity contribution in [2.45, 2.75) is 24.3 Å². The van der Waals surface area contributed by atoms with Crippen molar-refractivity contribution in [3.63, 3.8) is 0 Å². The smallest absolute Gasteiger partial charge is 0.241 e. The molecule has 3 aromatic carbocycles. The molecule has 0 radical (unpaired) electrons. The van der Waals surface area contributed by atoms with Gasteiger partial charge in [0.1, 0.15) is 11.8 Å². The summed E-state index contributed by atoms with van der Waals surface area (Å²) in [5.74, 6) is 0.165. The molecule has 0 unspecified atom stereocenters. The van der Waals surface area contributed by atoms with Crippen LogP contribution < -0.4 is 14.4 Å². The monoisotopic (exact) mass is 527 g/mol. The average molecular weight is 528 g/mol. The van der Waals surface area contributed by atoms with Crippen LogP contribution in [-0.2, 0) is 21.2 Å². The number of para-hydroxylation sites is 1. The zero-order valence-electron chi connectivity index (χ0n) is 20.1. The molecule has 3 aromatic rings. The standard InChI is InChI=1S/C27H30ClN3O4S/c1-2-35-26-14-13-23(20-24(26)28)36(33,34)29-25(19-21-9-5-3-6-10-21)27(32)31-17-15-30(16-18-31)22-11-7-4-8-12-22/h3-14,20,25,29H,2,15-19H2,1H3/t25-/m0/s1. The van der Waals surface area contributed by atoms with Crippen LogP contribution in [0.5, 0.6) is 5.75 Å². The largest absolute Gasteiger partial charge is 0.492 e. The Kier molecular flexibility index (Phi) is 8.51. The van der Waals surface area contributed by atoms with Crippen molar-refractivity contribution in [3.05, 3.63) is 89.4 Å². The lowest BCUT2D eigenvalue weighted by molar-refractivity contribution is -0.133. The highest BCUT2D eigenvalue weighted by atomic mass is 35.5. The molecule has 1 fully saturated rings. The molecule has 0 bridgehead atoms. The molecule has 0 saturated carbocycles. The highest BCUT2D eigenvalue weighted by Gasteiger charge is 2.31. The van der Waals surface area contributed by atoms with Crippen molar-refractivity contribution in [2.24, 2.45) is 0 Å². The third-order valence-electron chi connectivity index (χ3n) is 6.10. The van der Waals surface area contributed by atoms with E-state index in [9.17, 15) is 13.2 Å². The average Bonchev–Trinajstić information content (AvgIpc) is 2.90. The number of hydrogen-bond acceptors (Lipinski definition) is 5. The number of carbonyl (C=O) groups is 1. The molecule has 1 atom stereocenters. The fourth-order valence-electron chi connectivity index (χ4n) is 4.25. The minimum atomic E-state index is -4.02. The van der Waals surface area contributed by atoms with Gasteiger partial charge in [0.2, 0.25) is 15.9 Å². The summed E-state index contributed by atoms with van der Waals surface area (Å²) in [6, 6.07) is 22.8. The summed E-state index contributed by atoms with van der Waals surface area (Å²) >= 11 is 6.23. The van der Waals surface area contributed by atoms with Gasteiger partial charge in [-0.2, -0.15) is 4.72 Å². The molecule has 0 aliphatic carbocycles. The van der Waals surface area contributed by atoms with E-state index >= 15 is 0 Å². The van der Waals surface area contributed by atoms with Crippen molar-refractivity contribution in [2.75, 3.05) is 37.7 Å². The minimum Gasteiger partial charge on any atom is -0.492 e. The highest BCUT2D eigenvalue weighted by Crippen LogP contribution is 2.27. The molecule has 1 heterocycles. The SMILES string of the molecule is CCOc1ccc(S(=O)(=O)N[C@@H](Cc2ccccc2)C(=O)N2CCN(c3ccccc3)CC2)cc1Cl. The van der Waals surface area contributed by atoms with Crippen LogP contribution in [0.1, 0.15) is 12.5 Å². The molecular formula is C27H30ClN3O4S. The molecule has 1 amide bonds. The van der Waals surface area contributed by atoms with Gasteiger partial charge in [-0.05, 0) is 49.2 Å². The topological polar surface area (TPSA) is 78.9 Å². The first-order valence-corrected chi connectivity index (χ1v) is 13.8. The van der Waals surface area contributed by atoms with Crippen LogP contribution in [-0.4, -0.2) is 58.1 Å². The van der Waals surface area contributed by atoms with E-state index in [-0.39, 0.29) is 22.2 Å². The third kappa shape index (κ3) is 6.37. The van der Waals surface area contributed by atoms with Gasteiger partial charge in [0.15, 0.2) is 0 Å². The van der Waals surface area contributed by atoms with Gasteiger partial charge >= 0.3 is 0 Å². The van der Waals surface area contributed by atoms with E-state index in [1.54, 1.807) is 4.90 Å². The summed E-state index contributed by atoms with van der Waals surface area (Å²) in [5, 5.41) is 0.197. The number of anilines is 1. The molecule has 36 heavy (non-hydrogen) atoms. The molecular weight excluding hydrogens is 498 g/mol. The van der Waals surface area contributed by atoms with Gasteiger partial charge in [-0.1, -0.05) is 60.1 Å². The molecule has 1 aliphatic rings. The van der Waals surface area contributed by atoms with Crippen molar-refractivity contribution in [1.82, 2.24) is 9.62 Å². The number of halogens is 1. The zero-order valence-corrected chi connectivity index (χ0v) is 21.7. The van der Waals surface area contributed by atoms with Gasteiger partial charge in [0.05, 0.1) is 16.5 Å². The van der Waals surface area contributed by atoms with E-state index in [1.165, 1.54) is 18.2 Å². The third-order valence-corrected chi connectivity index (χ3v) is 7.87. The van der Waals surface area contributed by atoms with Crippen molar-refractivity contribution in [1.29, 1.82) is 0 Å². The first kappa shape index (κ1) is 26.0. The maximum absolute atomic E-state index is 13.6. The number of hydrogen-bond donors (Lipinski definition) is 1. The number of amides is 1. The number of piperazine rings is 1. The molecule has 190 valence electrons. The minimum absolute atomic E-state index is 0.0179. The summed E-state index contributed by atoms with van der Waals surface area (Å²) in [4.78, 5) is 17.5. The van der Waals surface area contributed by atoms with Crippen LogP contribution in [0.3, 0.4) is 0 Å². The van der Waals surface area contributed by atoms with Gasteiger partial charge in [0.25, 0.3) is 0 Å². The van der Waals surface area contributed by atoms with Crippen LogP contribution in [0.15, 0.2) is 83.8 Å². The molecule has 1 N–H and O–H groups in total. The highest BCUT2D eigenvalue weighted by molar-refractivity contribution is 7.89. The van der Waals surface area contributed by atoms with Gasteiger partial charge < -0.3 is 14.5 Å². The second-order valence-electron chi connectivity index (χ2n) is 8.54. The summed E-state index contributed by atoms with van der Waals surface area (Å²) in [7, 11) is -4.02. The molecule has 1 saturated heterocycles. The van der Waals surface area contributed by atoms with Gasteiger partial charge in [-0.3, -0.25) is 4.79 Å². The quantitative estimate of drug-likeness (QED) is 0.455. The molecule has 0 spiro atoms. The maximum Gasteiger partial charge on any atom is 0.241 e. The number of carbonyl (C=O) groups excluding carboxylic acids is 1. The Morgan fingerprint density at radius 1 is 0.972 bits per heavy atom. The first-order chi connectivity index (χ1) is 17.4. The lowest BCUT2D eigenvalue weighted by Crippen LogP contribution is -2.55. The van der Waals surface area contributed by atoms with Gasteiger partial charge in [-0.15, -0.1) is 0 Å². The Morgan fingerprint density at radius 3 is 2.22 bits per heavy atom. The maximum atomic E-state index is 13.6. The fraction of sp³-hybridized carbons (Fsp3) is 0.296.